The van der Waals surface area contributed by atoms with Gasteiger partial charge in [0.1, 0.15) is 0 Å². The van der Waals surface area contributed by atoms with E-state index in [-0.39, 0.29) is 24.0 Å². The van der Waals surface area contributed by atoms with Gasteiger partial charge in [-0.2, -0.15) is 0 Å². The van der Waals surface area contributed by atoms with Crippen molar-refractivity contribution >= 4 is 11.8 Å². The number of nitrogens with zero attached hydrogens (tertiary/aromatic N) is 1. The summed E-state index contributed by atoms with van der Waals surface area (Å²) >= 11 is 0. The third-order valence-electron chi connectivity index (χ3n) is 2.70. The number of rotatable bonds is 4. The van der Waals surface area contributed by atoms with Crippen molar-refractivity contribution in [3.63, 3.8) is 0 Å². The lowest BCUT2D eigenvalue weighted by Crippen LogP contribution is -2.52. The molecule has 15 heavy (non-hydrogen) atoms. The van der Waals surface area contributed by atoms with Crippen molar-refractivity contribution < 1.29 is 14.3 Å². The molecule has 2 unspecified atom stereocenters. The van der Waals surface area contributed by atoms with Crippen molar-refractivity contribution in [2.24, 2.45) is 0 Å². The molecule has 0 spiro atoms. The highest BCUT2D eigenvalue weighted by Gasteiger charge is 2.31. The van der Waals surface area contributed by atoms with Crippen molar-refractivity contribution in [3.8, 4) is 0 Å². The predicted molar refractivity (Wildman–Crippen MR) is 55.3 cm³/mol. The molecule has 1 heterocycles. The van der Waals surface area contributed by atoms with Gasteiger partial charge < -0.3 is 10.1 Å². The number of hydrogen-bond donors (Lipinski definition) is 1. The standard InChI is InChI=1S/C10H18N2O3/c1-7(15-3)6-11-8-4-5-9(13)12(2)10(8)14/h7-8,11H,4-6H2,1-3H3. The second-order valence-electron chi connectivity index (χ2n) is 3.84. The van der Waals surface area contributed by atoms with Crippen LogP contribution < -0.4 is 5.32 Å². The number of amides is 2. The van der Waals surface area contributed by atoms with Crippen LogP contribution in [0.15, 0.2) is 0 Å². The summed E-state index contributed by atoms with van der Waals surface area (Å²) in [5.74, 6) is -0.243. The van der Waals surface area contributed by atoms with E-state index >= 15 is 0 Å². The molecule has 2 atom stereocenters. The first kappa shape index (κ1) is 12.1. The Labute approximate surface area is 89.8 Å². The zero-order chi connectivity index (χ0) is 11.4. The van der Waals surface area contributed by atoms with Crippen molar-refractivity contribution in [1.82, 2.24) is 10.2 Å². The summed E-state index contributed by atoms with van der Waals surface area (Å²) in [6.07, 6.45) is 1.08. The topological polar surface area (TPSA) is 58.6 Å². The summed E-state index contributed by atoms with van der Waals surface area (Å²) in [5.41, 5.74) is 0. The van der Waals surface area contributed by atoms with Crippen LogP contribution in [-0.2, 0) is 14.3 Å². The van der Waals surface area contributed by atoms with E-state index in [9.17, 15) is 9.59 Å². The van der Waals surface area contributed by atoms with E-state index in [0.717, 1.165) is 0 Å². The molecule has 5 heteroatoms. The molecular formula is C10H18N2O3. The smallest absolute Gasteiger partial charge is 0.246 e. The number of likely N-dealkylation sites (N-methyl/N-ethyl adjacent to an activating group) is 1. The normalized spacial score (nSPS) is 24.5. The lowest BCUT2D eigenvalue weighted by atomic mass is 10.0. The number of ether oxygens (including phenoxy) is 1. The number of likely N-dealkylation sites (tertiary alicyclic amines) is 1. The fraction of sp³-hybridized carbons (Fsp3) is 0.800. The van der Waals surface area contributed by atoms with Gasteiger partial charge >= 0.3 is 0 Å². The van der Waals surface area contributed by atoms with Crippen LogP contribution in [0, 0.1) is 0 Å². The van der Waals surface area contributed by atoms with Crippen LogP contribution in [0.1, 0.15) is 19.8 Å². The van der Waals surface area contributed by atoms with E-state index in [0.29, 0.717) is 19.4 Å². The monoisotopic (exact) mass is 214 g/mol. The molecule has 1 fully saturated rings. The quantitative estimate of drug-likeness (QED) is 0.656. The minimum absolute atomic E-state index is 0.0701. The summed E-state index contributed by atoms with van der Waals surface area (Å²) in [6, 6.07) is -0.245. The molecule has 1 aliphatic rings. The first-order valence-corrected chi connectivity index (χ1v) is 5.12. The third-order valence-corrected chi connectivity index (χ3v) is 2.70. The molecule has 2 amide bonds. The molecule has 0 aromatic heterocycles. The second-order valence-corrected chi connectivity index (χ2v) is 3.84. The summed E-state index contributed by atoms with van der Waals surface area (Å²) < 4.78 is 5.07. The highest BCUT2D eigenvalue weighted by Crippen LogP contribution is 2.11. The fourth-order valence-electron chi connectivity index (χ4n) is 1.50. The molecule has 1 aliphatic heterocycles. The number of carbonyl (C=O) groups excluding carboxylic acids is 2. The highest BCUT2D eigenvalue weighted by atomic mass is 16.5. The fourth-order valence-corrected chi connectivity index (χ4v) is 1.50. The molecule has 1 rings (SSSR count). The van der Waals surface area contributed by atoms with Gasteiger partial charge in [0.25, 0.3) is 0 Å². The summed E-state index contributed by atoms with van der Waals surface area (Å²) in [4.78, 5) is 24.0. The lowest BCUT2D eigenvalue weighted by molar-refractivity contribution is -0.148. The number of nitrogens with one attached hydrogen (secondary N) is 1. The Kier molecular flexibility index (Phi) is 4.23. The zero-order valence-electron chi connectivity index (χ0n) is 9.45. The van der Waals surface area contributed by atoms with Crippen LogP contribution in [0.3, 0.4) is 0 Å². The summed E-state index contributed by atoms with van der Waals surface area (Å²) in [6.45, 7) is 2.55. The first-order valence-electron chi connectivity index (χ1n) is 5.12. The molecule has 0 aliphatic carbocycles. The van der Waals surface area contributed by atoms with Crippen LogP contribution >= 0.6 is 0 Å². The Morgan fingerprint density at radius 3 is 2.87 bits per heavy atom. The van der Waals surface area contributed by atoms with E-state index in [1.165, 1.54) is 11.9 Å². The largest absolute Gasteiger partial charge is 0.380 e. The number of piperidine rings is 1. The third kappa shape index (κ3) is 3.00. The van der Waals surface area contributed by atoms with Crippen molar-refractivity contribution in [3.05, 3.63) is 0 Å². The molecule has 0 aromatic carbocycles. The van der Waals surface area contributed by atoms with Gasteiger partial charge in [0.05, 0.1) is 12.1 Å². The Morgan fingerprint density at radius 1 is 1.60 bits per heavy atom. The van der Waals surface area contributed by atoms with Crippen LogP contribution in [0.4, 0.5) is 0 Å². The predicted octanol–water partition coefficient (Wildman–Crippen LogP) is -0.242. The Morgan fingerprint density at radius 2 is 2.27 bits per heavy atom. The van der Waals surface area contributed by atoms with Gasteiger partial charge in [-0.05, 0) is 13.3 Å². The zero-order valence-corrected chi connectivity index (χ0v) is 9.45. The Hall–Kier alpha value is -0.940. The molecule has 1 N–H and O–H groups in total. The Balaban J connectivity index is 2.43. The molecular weight excluding hydrogens is 196 g/mol. The van der Waals surface area contributed by atoms with Gasteiger partial charge in [0, 0.05) is 27.1 Å². The Bertz CT molecular complexity index is 255. The lowest BCUT2D eigenvalue weighted by Gasteiger charge is -2.28. The summed E-state index contributed by atoms with van der Waals surface area (Å²) in [7, 11) is 3.16. The van der Waals surface area contributed by atoms with Gasteiger partial charge in [-0.1, -0.05) is 0 Å². The van der Waals surface area contributed by atoms with E-state index in [4.69, 9.17) is 4.74 Å². The van der Waals surface area contributed by atoms with Crippen molar-refractivity contribution in [2.45, 2.75) is 31.9 Å². The van der Waals surface area contributed by atoms with Gasteiger partial charge in [0.15, 0.2) is 0 Å². The van der Waals surface area contributed by atoms with Crippen LogP contribution in [0.2, 0.25) is 0 Å². The van der Waals surface area contributed by atoms with Crippen LogP contribution in [0.5, 0.6) is 0 Å². The van der Waals surface area contributed by atoms with Gasteiger partial charge in [-0.25, -0.2) is 0 Å². The number of hydrogen-bond acceptors (Lipinski definition) is 4. The van der Waals surface area contributed by atoms with Gasteiger partial charge in [0.2, 0.25) is 11.8 Å². The maximum absolute atomic E-state index is 11.6. The van der Waals surface area contributed by atoms with Crippen LogP contribution in [0.25, 0.3) is 0 Å². The average molecular weight is 214 g/mol. The van der Waals surface area contributed by atoms with Crippen molar-refractivity contribution in [2.75, 3.05) is 20.7 Å². The molecule has 1 saturated heterocycles. The second kappa shape index (κ2) is 5.23. The van der Waals surface area contributed by atoms with E-state index in [2.05, 4.69) is 5.32 Å². The van der Waals surface area contributed by atoms with E-state index < -0.39 is 0 Å². The molecule has 0 saturated carbocycles. The number of methoxy groups -OCH3 is 1. The highest BCUT2D eigenvalue weighted by molar-refractivity contribution is 6.00. The molecule has 0 radical (unpaired) electrons. The van der Waals surface area contributed by atoms with Gasteiger partial charge in [-0.3, -0.25) is 14.5 Å². The van der Waals surface area contributed by atoms with Crippen LogP contribution in [-0.4, -0.2) is 49.6 Å². The SMILES string of the molecule is COC(C)CNC1CCC(=O)N(C)C1=O. The summed E-state index contributed by atoms with van der Waals surface area (Å²) in [5, 5.41) is 3.10. The maximum Gasteiger partial charge on any atom is 0.246 e. The number of imide groups is 1. The molecule has 0 bridgehead atoms. The molecule has 0 aromatic rings. The molecule has 5 nitrogen and oxygen atoms in total. The van der Waals surface area contributed by atoms with E-state index in [1.54, 1.807) is 7.11 Å². The van der Waals surface area contributed by atoms with Gasteiger partial charge in [-0.15, -0.1) is 0 Å². The molecule has 86 valence electrons. The minimum Gasteiger partial charge on any atom is -0.380 e. The average Bonchev–Trinajstić information content (AvgIpc) is 2.24. The minimum atomic E-state index is -0.245. The first-order chi connectivity index (χ1) is 7.06. The maximum atomic E-state index is 11.6. The van der Waals surface area contributed by atoms with Crippen molar-refractivity contribution in [1.29, 1.82) is 0 Å². The van der Waals surface area contributed by atoms with E-state index in [1.807, 2.05) is 6.92 Å². The number of carbonyl (C=O) groups is 2.